The third kappa shape index (κ3) is 4.78. The van der Waals surface area contributed by atoms with E-state index in [4.69, 9.17) is 13.8 Å². The van der Waals surface area contributed by atoms with Gasteiger partial charge in [-0.1, -0.05) is 6.92 Å². The lowest BCUT2D eigenvalue weighted by molar-refractivity contribution is -0.677. The van der Waals surface area contributed by atoms with E-state index in [1.54, 1.807) is 4.57 Å². The topological polar surface area (TPSA) is 193 Å². The number of anilines is 1. The van der Waals surface area contributed by atoms with Gasteiger partial charge in [0.2, 0.25) is 11.2 Å². The highest BCUT2D eigenvalue weighted by atomic mass is 31.2. The first-order valence-corrected chi connectivity index (χ1v) is 13.0. The molecule has 2 N–H and O–H groups in total. The molecular weight excluding hydrogens is 484 g/mol. The molecule has 2 aromatic rings. The Bertz CT molecular complexity index is 1180. The highest BCUT2D eigenvalue weighted by Crippen LogP contribution is 2.46. The summed E-state index contributed by atoms with van der Waals surface area (Å²) < 4.78 is 51.4. The molecule has 0 spiro atoms. The highest BCUT2D eigenvalue weighted by molar-refractivity contribution is 7.46. The van der Waals surface area contributed by atoms with Gasteiger partial charge < -0.3 is 32.6 Å². The van der Waals surface area contributed by atoms with E-state index in [0.717, 1.165) is 20.6 Å². The SMILES string of the molecule is CCC1CNc2[nH]c(=O)c3ncn([C@H]4C[C@@H](OP(=O)([O-])OC)[C@@H](COP(=O)([O-])OC)O4)c3[n+]21. The Labute approximate surface area is 187 Å². The zero-order chi connectivity index (χ0) is 24.0. The Morgan fingerprint density at radius 1 is 1.30 bits per heavy atom. The van der Waals surface area contributed by atoms with Gasteiger partial charge in [-0.2, -0.15) is 0 Å². The average Bonchev–Trinajstić information content (AvgIpc) is 3.48. The molecule has 0 amide bonds. The normalized spacial score (nSPS) is 28.4. The van der Waals surface area contributed by atoms with Crippen LogP contribution in [0.1, 0.15) is 32.0 Å². The number of fused-ring (bicyclic) bond motifs is 3. The number of phosphoric acid groups is 2. The van der Waals surface area contributed by atoms with Crippen LogP contribution in [0.25, 0.3) is 11.2 Å². The van der Waals surface area contributed by atoms with Crippen LogP contribution in [0.2, 0.25) is 0 Å². The summed E-state index contributed by atoms with van der Waals surface area (Å²) in [4.78, 5) is 43.0. The predicted molar refractivity (Wildman–Crippen MR) is 107 cm³/mol. The third-order valence-corrected chi connectivity index (χ3v) is 7.51. The second-order valence-electron chi connectivity index (χ2n) is 7.50. The van der Waals surface area contributed by atoms with Crippen LogP contribution in [-0.2, 0) is 32.0 Å². The number of ether oxygens (including phenoxy) is 1. The number of hydrogen-bond acceptors (Lipinski definition) is 12. The standard InChI is InChI=1S/C16H25N5O10P2/c1-4-9-6-17-16-19-14(22)13-15(21(9)16)20(8-18-13)12-5-10(31-33(25,26)28-3)11(30-12)7-29-32(23,24)27-2/h8-12H,4-7H2,1-3H3,(H3,17,19,22,23,24,25,26)/p-1/t9?,10-,11-,12-/m1/s1. The van der Waals surface area contributed by atoms with Crippen molar-refractivity contribution in [2.75, 3.05) is 32.7 Å². The minimum atomic E-state index is -4.68. The fourth-order valence-electron chi connectivity index (χ4n) is 3.97. The van der Waals surface area contributed by atoms with Crippen molar-refractivity contribution >= 4 is 32.8 Å². The summed E-state index contributed by atoms with van der Waals surface area (Å²) in [5.41, 5.74) is 0.247. The molecule has 2 aliphatic rings. The van der Waals surface area contributed by atoms with Crippen molar-refractivity contribution in [1.82, 2.24) is 14.5 Å². The summed E-state index contributed by atoms with van der Waals surface area (Å²) in [5.74, 6) is 0.516. The largest absolute Gasteiger partial charge is 0.756 e. The van der Waals surface area contributed by atoms with Crippen molar-refractivity contribution in [3.63, 3.8) is 0 Å². The monoisotopic (exact) mass is 508 g/mol. The predicted octanol–water partition coefficient (Wildman–Crippen LogP) is -0.692. The van der Waals surface area contributed by atoms with Crippen LogP contribution in [0.3, 0.4) is 0 Å². The van der Waals surface area contributed by atoms with Crippen molar-refractivity contribution in [1.29, 1.82) is 0 Å². The molecule has 1 fully saturated rings. The molecule has 1 saturated heterocycles. The maximum Gasteiger partial charge on any atom is 0.324 e. The quantitative estimate of drug-likeness (QED) is 0.320. The summed E-state index contributed by atoms with van der Waals surface area (Å²) in [6.45, 7) is 2.05. The number of aromatic amines is 1. The fraction of sp³-hybridized carbons (Fsp3) is 0.688. The number of phosphoric ester groups is 2. The van der Waals surface area contributed by atoms with Gasteiger partial charge in [0.05, 0.1) is 13.2 Å². The summed E-state index contributed by atoms with van der Waals surface area (Å²) in [7, 11) is -7.40. The first-order chi connectivity index (χ1) is 15.6. The number of imidazole rings is 1. The second kappa shape index (κ2) is 9.17. The highest BCUT2D eigenvalue weighted by Gasteiger charge is 2.43. The first kappa shape index (κ1) is 24.5. The molecule has 4 heterocycles. The van der Waals surface area contributed by atoms with E-state index in [2.05, 4.69) is 24.3 Å². The van der Waals surface area contributed by atoms with Gasteiger partial charge in [-0.25, -0.2) is 19.1 Å². The molecule has 0 aliphatic carbocycles. The van der Waals surface area contributed by atoms with E-state index in [1.165, 1.54) is 6.33 Å². The Morgan fingerprint density at radius 3 is 2.70 bits per heavy atom. The lowest BCUT2D eigenvalue weighted by Crippen LogP contribution is -2.41. The van der Waals surface area contributed by atoms with E-state index in [0.29, 0.717) is 18.1 Å². The molecular formula is C16H24N5O10P2-. The van der Waals surface area contributed by atoms with Crippen molar-refractivity contribution in [3.8, 4) is 0 Å². The van der Waals surface area contributed by atoms with E-state index >= 15 is 0 Å². The maximum atomic E-state index is 12.5. The summed E-state index contributed by atoms with van der Waals surface area (Å²) in [5, 5.41) is 3.15. The molecule has 0 saturated carbocycles. The summed E-state index contributed by atoms with van der Waals surface area (Å²) in [6, 6.07) is 0.0331. The molecule has 17 heteroatoms. The van der Waals surface area contributed by atoms with Crippen molar-refractivity contribution in [3.05, 3.63) is 16.7 Å². The lowest BCUT2D eigenvalue weighted by Gasteiger charge is -2.28. The van der Waals surface area contributed by atoms with Crippen LogP contribution < -0.4 is 25.2 Å². The van der Waals surface area contributed by atoms with Crippen LogP contribution in [-0.4, -0.2) is 54.1 Å². The maximum absolute atomic E-state index is 12.5. The van der Waals surface area contributed by atoms with Gasteiger partial charge in [-0.05, 0) is 6.42 Å². The molecule has 33 heavy (non-hydrogen) atoms. The molecule has 3 unspecified atom stereocenters. The van der Waals surface area contributed by atoms with Crippen LogP contribution in [0.15, 0.2) is 11.1 Å². The van der Waals surface area contributed by atoms with E-state index in [9.17, 15) is 23.7 Å². The van der Waals surface area contributed by atoms with Gasteiger partial charge in [-0.15, -0.1) is 0 Å². The Morgan fingerprint density at radius 2 is 2.03 bits per heavy atom. The molecule has 2 aliphatic heterocycles. The first-order valence-electron chi connectivity index (χ1n) is 10.1. The molecule has 0 radical (unpaired) electrons. The second-order valence-corrected chi connectivity index (χ2v) is 10.5. The van der Waals surface area contributed by atoms with Crippen LogP contribution in [0, 0.1) is 0 Å². The van der Waals surface area contributed by atoms with Crippen molar-refractivity contribution in [2.45, 2.75) is 44.2 Å². The average molecular weight is 508 g/mol. The summed E-state index contributed by atoms with van der Waals surface area (Å²) in [6.07, 6.45) is -0.916. The Hall–Kier alpha value is -1.67. The zero-order valence-electron chi connectivity index (χ0n) is 18.0. The van der Waals surface area contributed by atoms with Crippen LogP contribution >= 0.6 is 15.6 Å². The Balaban J connectivity index is 1.70. The Kier molecular flexibility index (Phi) is 6.80. The van der Waals surface area contributed by atoms with Gasteiger partial charge in [-0.3, -0.25) is 19.2 Å². The van der Waals surface area contributed by atoms with Crippen LogP contribution in [0.4, 0.5) is 5.95 Å². The number of nitrogens with zero attached hydrogens (tertiary/aromatic N) is 3. The molecule has 0 aromatic carbocycles. The molecule has 6 atom stereocenters. The van der Waals surface area contributed by atoms with E-state index in [1.807, 2.05) is 11.5 Å². The van der Waals surface area contributed by atoms with Crippen LogP contribution in [0.5, 0.6) is 0 Å². The van der Waals surface area contributed by atoms with Gasteiger partial charge in [0, 0.05) is 20.6 Å². The van der Waals surface area contributed by atoms with Gasteiger partial charge in [0.15, 0.2) is 6.23 Å². The molecule has 0 bridgehead atoms. The minimum Gasteiger partial charge on any atom is -0.756 e. The smallest absolute Gasteiger partial charge is 0.324 e. The summed E-state index contributed by atoms with van der Waals surface area (Å²) >= 11 is 0. The van der Waals surface area contributed by atoms with E-state index in [-0.39, 0.29) is 18.0 Å². The number of aromatic nitrogens is 4. The minimum absolute atomic E-state index is 0.0163. The zero-order valence-corrected chi connectivity index (χ0v) is 19.8. The van der Waals surface area contributed by atoms with Crippen molar-refractivity contribution in [2.24, 2.45) is 0 Å². The third-order valence-electron chi connectivity index (χ3n) is 5.62. The number of nitrogens with one attached hydrogen (secondary N) is 2. The fourth-order valence-corrected chi connectivity index (χ4v) is 5.05. The van der Waals surface area contributed by atoms with Gasteiger partial charge in [0.1, 0.15) is 24.6 Å². The number of H-pyrrole nitrogens is 1. The lowest BCUT2D eigenvalue weighted by atomic mass is 10.2. The van der Waals surface area contributed by atoms with Crippen molar-refractivity contribution < 1.29 is 46.3 Å². The van der Waals surface area contributed by atoms with Gasteiger partial charge >= 0.3 is 11.5 Å². The van der Waals surface area contributed by atoms with E-state index < -0.39 is 46.2 Å². The number of hydrogen-bond donors (Lipinski definition) is 2. The molecule has 4 rings (SSSR count). The molecule has 184 valence electrons. The number of rotatable bonds is 9. The molecule has 15 nitrogen and oxygen atoms in total. The van der Waals surface area contributed by atoms with Gasteiger partial charge in [0.25, 0.3) is 15.6 Å². The molecule has 2 aromatic heterocycles.